The van der Waals surface area contributed by atoms with Crippen LogP contribution in [0.5, 0.6) is 0 Å². The molecule has 20 heavy (non-hydrogen) atoms. The van der Waals surface area contributed by atoms with Gasteiger partial charge in [0, 0.05) is 21.3 Å². The van der Waals surface area contributed by atoms with Crippen molar-refractivity contribution >= 4 is 27.3 Å². The molecular weight excluding hydrogens is 332 g/mol. The number of nitrogens with one attached hydrogen (secondary N) is 1. The molecule has 0 fully saturated rings. The van der Waals surface area contributed by atoms with E-state index < -0.39 is 0 Å². The molecule has 106 valence electrons. The standard InChI is InChI=1S/C16H19BrN2S/c17-12-4-1-3-11(9-12)10-15(19-18)13-5-2-6-16-14(13)7-8-20-16/h1,3-4,7-9,13,15,19H,2,5-6,10,18H2. The summed E-state index contributed by atoms with van der Waals surface area (Å²) in [6.45, 7) is 0. The lowest BCUT2D eigenvalue weighted by Gasteiger charge is -2.30. The molecule has 2 nitrogen and oxygen atoms in total. The zero-order chi connectivity index (χ0) is 13.9. The molecule has 0 saturated heterocycles. The molecule has 3 N–H and O–H groups in total. The molecule has 0 spiro atoms. The predicted molar refractivity (Wildman–Crippen MR) is 89.0 cm³/mol. The van der Waals surface area contributed by atoms with E-state index in [2.05, 4.69) is 57.1 Å². The number of aryl methyl sites for hydroxylation is 1. The van der Waals surface area contributed by atoms with E-state index >= 15 is 0 Å². The first-order chi connectivity index (χ1) is 9.78. The van der Waals surface area contributed by atoms with Gasteiger partial charge in [-0.25, -0.2) is 0 Å². The Morgan fingerprint density at radius 3 is 3.10 bits per heavy atom. The third kappa shape index (κ3) is 2.98. The van der Waals surface area contributed by atoms with E-state index in [0.29, 0.717) is 12.0 Å². The summed E-state index contributed by atoms with van der Waals surface area (Å²) in [6.07, 6.45) is 4.70. The highest BCUT2D eigenvalue weighted by molar-refractivity contribution is 9.10. The summed E-state index contributed by atoms with van der Waals surface area (Å²) in [7, 11) is 0. The highest BCUT2D eigenvalue weighted by atomic mass is 79.9. The number of hydrogen-bond acceptors (Lipinski definition) is 3. The van der Waals surface area contributed by atoms with Crippen LogP contribution in [0.25, 0.3) is 0 Å². The van der Waals surface area contributed by atoms with E-state index in [1.807, 2.05) is 11.3 Å². The van der Waals surface area contributed by atoms with Crippen molar-refractivity contribution < 1.29 is 0 Å². The summed E-state index contributed by atoms with van der Waals surface area (Å²) >= 11 is 5.43. The maximum Gasteiger partial charge on any atom is 0.0319 e. The minimum Gasteiger partial charge on any atom is -0.271 e. The average molecular weight is 351 g/mol. The molecule has 4 heteroatoms. The number of hydrazine groups is 1. The Kier molecular flexibility index (Phi) is 4.56. The van der Waals surface area contributed by atoms with Crippen LogP contribution in [0.4, 0.5) is 0 Å². The Labute approximate surface area is 132 Å². The van der Waals surface area contributed by atoms with Gasteiger partial charge in [0.1, 0.15) is 0 Å². The van der Waals surface area contributed by atoms with E-state index in [0.717, 1.165) is 10.9 Å². The number of halogens is 1. The van der Waals surface area contributed by atoms with Crippen molar-refractivity contribution in [2.24, 2.45) is 5.84 Å². The molecule has 0 bridgehead atoms. The molecule has 1 aliphatic carbocycles. The number of benzene rings is 1. The van der Waals surface area contributed by atoms with Crippen molar-refractivity contribution in [1.82, 2.24) is 5.43 Å². The SMILES string of the molecule is NNC(Cc1cccc(Br)c1)C1CCCc2sccc21. The van der Waals surface area contributed by atoms with Crippen LogP contribution in [0.1, 0.15) is 34.8 Å². The van der Waals surface area contributed by atoms with Gasteiger partial charge in [-0.15, -0.1) is 11.3 Å². The summed E-state index contributed by atoms with van der Waals surface area (Å²) in [6, 6.07) is 11.1. The fourth-order valence-electron chi connectivity index (χ4n) is 3.18. The number of nitrogens with two attached hydrogens (primary N) is 1. The molecule has 1 heterocycles. The zero-order valence-electron chi connectivity index (χ0n) is 11.3. The Bertz CT molecular complexity index is 581. The van der Waals surface area contributed by atoms with Crippen molar-refractivity contribution in [3.05, 3.63) is 56.2 Å². The summed E-state index contributed by atoms with van der Waals surface area (Å²) in [5.74, 6) is 6.39. The minimum atomic E-state index is 0.304. The number of hydrogen-bond donors (Lipinski definition) is 2. The smallest absolute Gasteiger partial charge is 0.0319 e. The first-order valence-electron chi connectivity index (χ1n) is 7.05. The summed E-state index contributed by atoms with van der Waals surface area (Å²) in [5, 5.41) is 2.22. The van der Waals surface area contributed by atoms with Crippen LogP contribution in [-0.2, 0) is 12.8 Å². The minimum absolute atomic E-state index is 0.304. The molecule has 3 rings (SSSR count). The van der Waals surface area contributed by atoms with Crippen molar-refractivity contribution in [2.75, 3.05) is 0 Å². The monoisotopic (exact) mass is 350 g/mol. The normalized spacial score (nSPS) is 19.6. The number of rotatable bonds is 4. The third-order valence-corrected chi connectivity index (χ3v) is 5.63. The fraction of sp³-hybridized carbons (Fsp3) is 0.375. The zero-order valence-corrected chi connectivity index (χ0v) is 13.7. The quantitative estimate of drug-likeness (QED) is 0.645. The lowest BCUT2D eigenvalue weighted by molar-refractivity contribution is 0.397. The lowest BCUT2D eigenvalue weighted by atomic mass is 9.80. The predicted octanol–water partition coefficient (Wildman–Crippen LogP) is 4.01. The van der Waals surface area contributed by atoms with Crippen molar-refractivity contribution in [2.45, 2.75) is 37.6 Å². The van der Waals surface area contributed by atoms with Crippen LogP contribution in [0.3, 0.4) is 0 Å². The molecule has 0 amide bonds. The molecule has 0 saturated carbocycles. The third-order valence-electron chi connectivity index (χ3n) is 4.14. The van der Waals surface area contributed by atoms with Gasteiger partial charge in [-0.1, -0.05) is 28.1 Å². The Morgan fingerprint density at radius 1 is 1.40 bits per heavy atom. The van der Waals surface area contributed by atoms with Crippen LogP contribution in [0, 0.1) is 0 Å². The Morgan fingerprint density at radius 2 is 2.30 bits per heavy atom. The van der Waals surface area contributed by atoms with Gasteiger partial charge >= 0.3 is 0 Å². The van der Waals surface area contributed by atoms with Gasteiger partial charge in [0.25, 0.3) is 0 Å². The van der Waals surface area contributed by atoms with E-state index in [1.54, 1.807) is 4.88 Å². The number of fused-ring (bicyclic) bond motifs is 1. The van der Waals surface area contributed by atoms with E-state index in [4.69, 9.17) is 5.84 Å². The topological polar surface area (TPSA) is 38.0 Å². The fourth-order valence-corrected chi connectivity index (χ4v) is 4.62. The van der Waals surface area contributed by atoms with Gasteiger partial charge in [0.15, 0.2) is 0 Å². The van der Waals surface area contributed by atoms with Crippen LogP contribution < -0.4 is 11.3 Å². The van der Waals surface area contributed by atoms with Crippen LogP contribution in [0.15, 0.2) is 40.2 Å². The van der Waals surface area contributed by atoms with Gasteiger partial charge in [-0.3, -0.25) is 11.3 Å². The van der Waals surface area contributed by atoms with E-state index in [-0.39, 0.29) is 0 Å². The molecule has 0 radical (unpaired) electrons. The summed E-state index contributed by atoms with van der Waals surface area (Å²) in [4.78, 5) is 1.55. The molecule has 0 aliphatic heterocycles. The molecule has 2 unspecified atom stereocenters. The highest BCUT2D eigenvalue weighted by Crippen LogP contribution is 2.37. The second-order valence-corrected chi connectivity index (χ2v) is 7.32. The van der Waals surface area contributed by atoms with Gasteiger partial charge in [-0.05, 0) is 60.4 Å². The lowest BCUT2D eigenvalue weighted by Crippen LogP contribution is -2.42. The van der Waals surface area contributed by atoms with Crippen molar-refractivity contribution in [3.63, 3.8) is 0 Å². The molecule has 1 aliphatic rings. The van der Waals surface area contributed by atoms with Crippen LogP contribution >= 0.6 is 27.3 Å². The van der Waals surface area contributed by atoms with Crippen LogP contribution in [-0.4, -0.2) is 6.04 Å². The molecule has 1 aromatic heterocycles. The highest BCUT2D eigenvalue weighted by Gasteiger charge is 2.28. The second-order valence-electron chi connectivity index (χ2n) is 5.41. The maximum atomic E-state index is 5.86. The molecule has 2 aromatic rings. The van der Waals surface area contributed by atoms with Crippen molar-refractivity contribution in [3.8, 4) is 0 Å². The van der Waals surface area contributed by atoms with Crippen molar-refractivity contribution in [1.29, 1.82) is 0 Å². The van der Waals surface area contributed by atoms with Crippen LogP contribution in [0.2, 0.25) is 0 Å². The average Bonchev–Trinajstić information content (AvgIpc) is 2.93. The Hall–Kier alpha value is -0.680. The largest absolute Gasteiger partial charge is 0.271 e. The van der Waals surface area contributed by atoms with Gasteiger partial charge in [0.05, 0.1) is 0 Å². The first kappa shape index (κ1) is 14.3. The molecular formula is C16H19BrN2S. The number of thiophene rings is 1. The first-order valence-corrected chi connectivity index (χ1v) is 8.72. The summed E-state index contributed by atoms with van der Waals surface area (Å²) in [5.41, 5.74) is 5.90. The Balaban J connectivity index is 1.81. The van der Waals surface area contributed by atoms with Gasteiger partial charge in [0.2, 0.25) is 0 Å². The molecule has 2 atom stereocenters. The van der Waals surface area contributed by atoms with Gasteiger partial charge < -0.3 is 0 Å². The molecule has 1 aromatic carbocycles. The van der Waals surface area contributed by atoms with E-state index in [9.17, 15) is 0 Å². The maximum absolute atomic E-state index is 5.86. The summed E-state index contributed by atoms with van der Waals surface area (Å²) < 4.78 is 1.13. The van der Waals surface area contributed by atoms with E-state index in [1.165, 1.54) is 30.4 Å². The van der Waals surface area contributed by atoms with Gasteiger partial charge in [-0.2, -0.15) is 0 Å². The second kappa shape index (κ2) is 6.39.